The van der Waals surface area contributed by atoms with Crippen LogP contribution in [0.15, 0.2) is 28.9 Å². The Morgan fingerprint density at radius 1 is 1.53 bits per heavy atom. The zero-order valence-electron chi connectivity index (χ0n) is 10.0. The van der Waals surface area contributed by atoms with E-state index in [0.29, 0.717) is 16.9 Å². The number of rotatable bonds is 3. The Balaban J connectivity index is 2.23. The number of thiocarbonyl (C=S) groups is 1. The van der Waals surface area contributed by atoms with Gasteiger partial charge in [-0.15, -0.1) is 0 Å². The lowest BCUT2D eigenvalue weighted by molar-refractivity contribution is 0.102. The number of halogens is 1. The molecular weight excluding hydrogens is 328 g/mol. The number of anilines is 1. The monoisotopic (exact) mass is 338 g/mol. The summed E-state index contributed by atoms with van der Waals surface area (Å²) < 4.78 is 0.874. The van der Waals surface area contributed by atoms with Crippen molar-refractivity contribution in [1.29, 1.82) is 0 Å². The molecule has 98 valence electrons. The molecule has 1 amide bonds. The number of amides is 1. The molecule has 4 N–H and O–H groups in total. The van der Waals surface area contributed by atoms with Crippen LogP contribution in [0, 0.1) is 6.92 Å². The maximum absolute atomic E-state index is 12.1. The lowest BCUT2D eigenvalue weighted by atomic mass is 10.1. The van der Waals surface area contributed by atoms with Crippen molar-refractivity contribution in [2.24, 2.45) is 5.73 Å². The maximum Gasteiger partial charge on any atom is 0.256 e. The first-order chi connectivity index (χ1) is 8.99. The number of benzene rings is 1. The zero-order valence-corrected chi connectivity index (χ0v) is 12.4. The molecule has 0 aliphatic rings. The van der Waals surface area contributed by atoms with Crippen LogP contribution in [0.4, 0.5) is 5.82 Å². The van der Waals surface area contributed by atoms with Crippen LogP contribution in [0.2, 0.25) is 0 Å². The average Bonchev–Trinajstić information content (AvgIpc) is 2.80. The highest BCUT2D eigenvalue weighted by Crippen LogP contribution is 2.19. The molecule has 0 radical (unpaired) electrons. The van der Waals surface area contributed by atoms with Crippen LogP contribution in [0.25, 0.3) is 0 Å². The summed E-state index contributed by atoms with van der Waals surface area (Å²) in [6.45, 7) is 1.95. The zero-order chi connectivity index (χ0) is 14.0. The normalized spacial score (nSPS) is 10.2. The summed E-state index contributed by atoms with van der Waals surface area (Å²) in [6.07, 6.45) is 1.48. The highest BCUT2D eigenvalue weighted by molar-refractivity contribution is 9.10. The van der Waals surface area contributed by atoms with Crippen molar-refractivity contribution in [3.05, 3.63) is 45.6 Å². The quantitative estimate of drug-likeness (QED) is 0.750. The summed E-state index contributed by atoms with van der Waals surface area (Å²) >= 11 is 8.26. The summed E-state index contributed by atoms with van der Waals surface area (Å²) in [6, 6.07) is 5.36. The van der Waals surface area contributed by atoms with Gasteiger partial charge in [0, 0.05) is 10.0 Å². The van der Waals surface area contributed by atoms with Gasteiger partial charge in [0.2, 0.25) is 0 Å². The summed E-state index contributed by atoms with van der Waals surface area (Å²) in [4.78, 5) is 12.3. The van der Waals surface area contributed by atoms with E-state index in [1.807, 2.05) is 13.0 Å². The summed E-state index contributed by atoms with van der Waals surface area (Å²) in [5.74, 6) is 0.136. The van der Waals surface area contributed by atoms with Gasteiger partial charge in [0.15, 0.2) is 0 Å². The fourth-order valence-corrected chi connectivity index (χ4v) is 2.02. The third-order valence-electron chi connectivity index (χ3n) is 2.58. The van der Waals surface area contributed by atoms with E-state index in [-0.39, 0.29) is 10.9 Å². The van der Waals surface area contributed by atoms with E-state index < -0.39 is 0 Å². The van der Waals surface area contributed by atoms with Gasteiger partial charge in [-0.1, -0.05) is 34.2 Å². The van der Waals surface area contributed by atoms with Gasteiger partial charge in [-0.3, -0.25) is 9.89 Å². The number of aromatic amines is 1. The first-order valence-corrected chi connectivity index (χ1v) is 6.60. The van der Waals surface area contributed by atoms with E-state index in [1.165, 1.54) is 6.20 Å². The van der Waals surface area contributed by atoms with Gasteiger partial charge in [0.25, 0.3) is 5.91 Å². The van der Waals surface area contributed by atoms with Gasteiger partial charge in [-0.05, 0) is 24.6 Å². The van der Waals surface area contributed by atoms with Crippen LogP contribution in [-0.4, -0.2) is 21.1 Å². The van der Waals surface area contributed by atoms with E-state index in [2.05, 4.69) is 31.4 Å². The summed E-state index contributed by atoms with van der Waals surface area (Å²) in [7, 11) is 0. The van der Waals surface area contributed by atoms with Crippen LogP contribution in [0.5, 0.6) is 0 Å². The molecule has 1 aromatic carbocycles. The maximum atomic E-state index is 12.1. The van der Waals surface area contributed by atoms with Gasteiger partial charge in [-0.25, -0.2) is 0 Å². The lowest BCUT2D eigenvalue weighted by Crippen LogP contribution is -2.17. The van der Waals surface area contributed by atoms with Crippen LogP contribution in [-0.2, 0) is 0 Å². The topological polar surface area (TPSA) is 83.8 Å². The number of hydrogen-bond donors (Lipinski definition) is 3. The third kappa shape index (κ3) is 2.99. The minimum absolute atomic E-state index is 0.175. The SMILES string of the molecule is Cc1ccc(C(=O)Nc2[nH]ncc2C(N)=S)cc1Br. The van der Waals surface area contributed by atoms with E-state index >= 15 is 0 Å². The van der Waals surface area contributed by atoms with Crippen LogP contribution in [0.1, 0.15) is 21.5 Å². The second-order valence-electron chi connectivity index (χ2n) is 3.94. The molecular formula is C12H11BrN4OS. The molecule has 19 heavy (non-hydrogen) atoms. The summed E-state index contributed by atoms with van der Waals surface area (Å²) in [5, 5.41) is 9.15. The molecule has 0 unspecified atom stereocenters. The molecule has 2 rings (SSSR count). The Bertz CT molecular complexity index is 653. The number of nitrogens with one attached hydrogen (secondary N) is 2. The lowest BCUT2D eigenvalue weighted by Gasteiger charge is -2.06. The molecule has 0 saturated heterocycles. The van der Waals surface area contributed by atoms with E-state index in [9.17, 15) is 4.79 Å². The van der Waals surface area contributed by atoms with Gasteiger partial charge in [0.1, 0.15) is 10.8 Å². The van der Waals surface area contributed by atoms with Gasteiger partial charge in [-0.2, -0.15) is 5.10 Å². The number of nitrogens with zero attached hydrogens (tertiary/aromatic N) is 1. The summed E-state index contributed by atoms with van der Waals surface area (Å²) in [5.41, 5.74) is 7.62. The average molecular weight is 339 g/mol. The van der Waals surface area contributed by atoms with E-state index in [0.717, 1.165) is 10.0 Å². The molecule has 0 aliphatic heterocycles. The Morgan fingerprint density at radius 2 is 2.26 bits per heavy atom. The van der Waals surface area contributed by atoms with Crippen molar-refractivity contribution in [3.63, 3.8) is 0 Å². The molecule has 0 bridgehead atoms. The molecule has 7 heteroatoms. The first kappa shape index (κ1) is 13.7. The second kappa shape index (κ2) is 5.50. The number of hydrogen-bond acceptors (Lipinski definition) is 3. The highest BCUT2D eigenvalue weighted by Gasteiger charge is 2.13. The predicted molar refractivity (Wildman–Crippen MR) is 81.3 cm³/mol. The number of carbonyl (C=O) groups excluding carboxylic acids is 1. The Hall–Kier alpha value is -1.73. The highest BCUT2D eigenvalue weighted by atomic mass is 79.9. The Labute approximate surface area is 123 Å². The molecule has 0 atom stereocenters. The number of nitrogens with two attached hydrogens (primary N) is 1. The number of aryl methyl sites for hydroxylation is 1. The first-order valence-electron chi connectivity index (χ1n) is 5.39. The minimum Gasteiger partial charge on any atom is -0.389 e. The van der Waals surface area contributed by atoms with Crippen molar-refractivity contribution in [2.45, 2.75) is 6.92 Å². The van der Waals surface area contributed by atoms with Crippen molar-refractivity contribution < 1.29 is 4.79 Å². The van der Waals surface area contributed by atoms with Gasteiger partial charge < -0.3 is 11.1 Å². The second-order valence-corrected chi connectivity index (χ2v) is 5.24. The largest absolute Gasteiger partial charge is 0.389 e. The standard InChI is InChI=1S/C12H11BrN4OS/c1-6-2-3-7(4-9(6)13)12(18)16-11-8(10(14)19)5-15-17-11/h2-5H,1H3,(H2,14,19)(H2,15,16,17,18). The van der Waals surface area contributed by atoms with E-state index in [1.54, 1.807) is 12.1 Å². The van der Waals surface area contributed by atoms with Crippen molar-refractivity contribution in [2.75, 3.05) is 5.32 Å². The van der Waals surface area contributed by atoms with Crippen LogP contribution in [0.3, 0.4) is 0 Å². The van der Waals surface area contributed by atoms with Crippen LogP contribution < -0.4 is 11.1 Å². The molecule has 0 spiro atoms. The Kier molecular flexibility index (Phi) is 3.96. The number of aromatic nitrogens is 2. The molecule has 1 heterocycles. The fourth-order valence-electron chi connectivity index (χ4n) is 1.49. The number of carbonyl (C=O) groups is 1. The molecule has 1 aromatic heterocycles. The molecule has 0 aliphatic carbocycles. The predicted octanol–water partition coefficient (Wildman–Crippen LogP) is 2.37. The molecule has 0 saturated carbocycles. The fraction of sp³-hybridized carbons (Fsp3) is 0.0833. The van der Waals surface area contributed by atoms with Crippen molar-refractivity contribution in [1.82, 2.24) is 10.2 Å². The Morgan fingerprint density at radius 3 is 2.89 bits per heavy atom. The van der Waals surface area contributed by atoms with Gasteiger partial charge >= 0.3 is 0 Å². The third-order valence-corrected chi connectivity index (χ3v) is 3.65. The minimum atomic E-state index is -0.262. The molecule has 2 aromatic rings. The molecule has 0 fully saturated rings. The van der Waals surface area contributed by atoms with Gasteiger partial charge in [0.05, 0.1) is 11.8 Å². The van der Waals surface area contributed by atoms with Crippen LogP contribution >= 0.6 is 28.1 Å². The van der Waals surface area contributed by atoms with Crippen molar-refractivity contribution >= 4 is 44.9 Å². The molecule has 5 nitrogen and oxygen atoms in total. The van der Waals surface area contributed by atoms with Crippen molar-refractivity contribution in [3.8, 4) is 0 Å². The van der Waals surface area contributed by atoms with E-state index in [4.69, 9.17) is 18.0 Å². The smallest absolute Gasteiger partial charge is 0.256 e. The number of H-pyrrole nitrogens is 1.